The molecule has 0 aliphatic heterocycles. The molecule has 0 saturated heterocycles. The first kappa shape index (κ1) is 14.2. The predicted octanol–water partition coefficient (Wildman–Crippen LogP) is 4.08. The Hall–Kier alpha value is -2.94. The fraction of sp³-hybridized carbons (Fsp3) is 0.118. The van der Waals surface area contributed by atoms with Gasteiger partial charge >= 0.3 is 6.18 Å². The number of aromatic nitrogens is 4. The lowest BCUT2D eigenvalue weighted by Crippen LogP contribution is -2.22. The molecule has 0 bridgehead atoms. The van der Waals surface area contributed by atoms with Crippen molar-refractivity contribution in [3.8, 4) is 5.69 Å². The molecule has 0 fully saturated rings. The Kier molecular flexibility index (Phi) is 3.03. The van der Waals surface area contributed by atoms with Crippen molar-refractivity contribution in [3.05, 3.63) is 63.5 Å². The number of nitrogens with zero attached hydrogens (tertiary/aromatic N) is 4. The van der Waals surface area contributed by atoms with Crippen LogP contribution in [0.5, 0.6) is 0 Å². The number of benzene rings is 1. The van der Waals surface area contributed by atoms with Crippen molar-refractivity contribution < 1.29 is 21.7 Å². The number of hydrogen-bond donors (Lipinski definition) is 0. The van der Waals surface area contributed by atoms with Gasteiger partial charge in [0.15, 0.2) is 5.52 Å². The SMILES string of the molecule is [2H]C([2H])([2H])n1cnc2c(=O)n(-c3cccc(F)c3Cl)c3nc(C(F)(F)F)ccc3c21. The second kappa shape index (κ2) is 5.78. The highest BCUT2D eigenvalue weighted by atomic mass is 35.5. The number of aryl methyl sites for hydroxylation is 1. The van der Waals surface area contributed by atoms with Crippen LogP contribution in [0, 0.1) is 5.82 Å². The average Bonchev–Trinajstić information content (AvgIpc) is 3.10. The van der Waals surface area contributed by atoms with Gasteiger partial charge in [-0.15, -0.1) is 0 Å². The van der Waals surface area contributed by atoms with Crippen molar-refractivity contribution >= 4 is 33.7 Å². The third-order valence-electron chi connectivity index (χ3n) is 3.98. The van der Waals surface area contributed by atoms with E-state index in [1.54, 1.807) is 0 Å². The molecule has 0 spiro atoms. The molecule has 3 aromatic heterocycles. The molecule has 4 rings (SSSR count). The van der Waals surface area contributed by atoms with Crippen LogP contribution in [0.3, 0.4) is 0 Å². The standard InChI is InChI=1S/C17H9ClF4N4O/c1-25-7-23-13-14(25)8-5-6-11(17(20,21)22)24-15(8)26(16(13)27)10-4-2-3-9(19)12(10)18/h2-7H,1H3/i1D3. The van der Waals surface area contributed by atoms with Gasteiger partial charge in [0.05, 0.1) is 17.5 Å². The minimum Gasteiger partial charge on any atom is -0.333 e. The van der Waals surface area contributed by atoms with E-state index in [4.69, 9.17) is 15.7 Å². The fourth-order valence-electron chi connectivity index (χ4n) is 2.81. The maximum absolute atomic E-state index is 14.0. The quantitative estimate of drug-likeness (QED) is 0.453. The van der Waals surface area contributed by atoms with Gasteiger partial charge in [-0.3, -0.25) is 9.36 Å². The summed E-state index contributed by atoms with van der Waals surface area (Å²) in [5.41, 5.74) is -3.69. The maximum Gasteiger partial charge on any atom is 0.433 e. The smallest absolute Gasteiger partial charge is 0.333 e. The lowest BCUT2D eigenvalue weighted by molar-refractivity contribution is -0.141. The molecule has 0 aliphatic rings. The summed E-state index contributed by atoms with van der Waals surface area (Å²) in [6, 6.07) is 5.09. The maximum atomic E-state index is 14.0. The molecule has 0 unspecified atom stereocenters. The van der Waals surface area contributed by atoms with Crippen LogP contribution in [0.1, 0.15) is 9.81 Å². The van der Waals surface area contributed by atoms with Gasteiger partial charge < -0.3 is 4.57 Å². The van der Waals surface area contributed by atoms with Gasteiger partial charge in [-0.2, -0.15) is 13.2 Å². The van der Waals surface area contributed by atoms with Crippen molar-refractivity contribution in [1.82, 2.24) is 19.1 Å². The molecular weight excluding hydrogens is 388 g/mol. The third-order valence-corrected chi connectivity index (χ3v) is 4.35. The Labute approximate surface area is 157 Å². The van der Waals surface area contributed by atoms with Crippen LogP contribution >= 0.6 is 11.6 Å². The lowest BCUT2D eigenvalue weighted by atomic mass is 10.2. The van der Waals surface area contributed by atoms with E-state index in [-0.39, 0.29) is 22.1 Å². The topological polar surface area (TPSA) is 52.7 Å². The monoisotopic (exact) mass is 399 g/mol. The van der Waals surface area contributed by atoms with Crippen molar-refractivity contribution in [1.29, 1.82) is 0 Å². The van der Waals surface area contributed by atoms with Crippen LogP contribution in [-0.2, 0) is 13.2 Å². The molecule has 3 heterocycles. The molecule has 10 heteroatoms. The average molecular weight is 400 g/mol. The van der Waals surface area contributed by atoms with Crippen LogP contribution in [-0.4, -0.2) is 19.1 Å². The van der Waals surface area contributed by atoms with E-state index in [0.29, 0.717) is 15.2 Å². The molecule has 0 N–H and O–H groups in total. The Morgan fingerprint density at radius 3 is 2.70 bits per heavy atom. The summed E-state index contributed by atoms with van der Waals surface area (Å²) < 4.78 is 78.0. The highest BCUT2D eigenvalue weighted by molar-refractivity contribution is 6.32. The lowest BCUT2D eigenvalue weighted by Gasteiger charge is -2.14. The number of imidazole rings is 1. The first-order valence-corrected chi connectivity index (χ1v) is 7.74. The molecule has 0 saturated carbocycles. The van der Waals surface area contributed by atoms with E-state index in [9.17, 15) is 22.4 Å². The van der Waals surface area contributed by atoms with Gasteiger partial charge in [0.25, 0.3) is 5.56 Å². The summed E-state index contributed by atoms with van der Waals surface area (Å²) in [5, 5.41) is -0.624. The zero-order chi connectivity index (χ0) is 22.0. The van der Waals surface area contributed by atoms with Gasteiger partial charge in [-0.1, -0.05) is 17.7 Å². The Bertz CT molecular complexity index is 1380. The molecule has 4 aromatic rings. The summed E-state index contributed by atoms with van der Waals surface area (Å²) >= 11 is 5.96. The molecule has 0 atom stereocenters. The van der Waals surface area contributed by atoms with Gasteiger partial charge in [-0.05, 0) is 24.3 Å². The Morgan fingerprint density at radius 1 is 1.22 bits per heavy atom. The third kappa shape index (κ3) is 2.57. The second-order valence-corrected chi connectivity index (χ2v) is 5.97. The minimum absolute atomic E-state index is 0.105. The van der Waals surface area contributed by atoms with E-state index >= 15 is 0 Å². The summed E-state index contributed by atoms with van der Waals surface area (Å²) in [7, 11) is 0. The van der Waals surface area contributed by atoms with Gasteiger partial charge in [0, 0.05) is 16.5 Å². The number of hydrogen-bond acceptors (Lipinski definition) is 3. The first-order valence-electron chi connectivity index (χ1n) is 8.86. The summed E-state index contributed by atoms with van der Waals surface area (Å²) in [5.74, 6) is -0.908. The van der Waals surface area contributed by atoms with E-state index < -0.39 is 40.9 Å². The predicted molar refractivity (Wildman–Crippen MR) is 91.6 cm³/mol. The van der Waals surface area contributed by atoms with Crippen LogP contribution in [0.2, 0.25) is 5.02 Å². The number of fused-ring (bicyclic) bond motifs is 3. The molecule has 138 valence electrons. The Morgan fingerprint density at radius 2 is 2.00 bits per heavy atom. The minimum atomic E-state index is -4.85. The summed E-state index contributed by atoms with van der Waals surface area (Å²) in [4.78, 5) is 20.5. The number of halogens is 5. The van der Waals surface area contributed by atoms with E-state index in [1.807, 2.05) is 0 Å². The van der Waals surface area contributed by atoms with Crippen LogP contribution in [0.4, 0.5) is 17.6 Å². The molecule has 0 radical (unpaired) electrons. The van der Waals surface area contributed by atoms with Crippen molar-refractivity contribution in [2.45, 2.75) is 6.18 Å². The van der Waals surface area contributed by atoms with Crippen molar-refractivity contribution in [3.63, 3.8) is 0 Å². The van der Waals surface area contributed by atoms with Crippen molar-refractivity contribution in [2.75, 3.05) is 0 Å². The summed E-state index contributed by atoms with van der Waals surface area (Å²) in [6.07, 6.45) is -3.96. The number of alkyl halides is 3. The van der Waals surface area contributed by atoms with Gasteiger partial charge in [-0.25, -0.2) is 14.4 Å². The highest BCUT2D eigenvalue weighted by Crippen LogP contribution is 2.32. The zero-order valence-corrected chi connectivity index (χ0v) is 13.8. The molecule has 0 amide bonds. The first-order chi connectivity index (χ1) is 13.9. The van der Waals surface area contributed by atoms with E-state index in [1.165, 1.54) is 12.1 Å². The molecule has 27 heavy (non-hydrogen) atoms. The molecule has 0 aliphatic carbocycles. The van der Waals surface area contributed by atoms with Crippen LogP contribution in [0.15, 0.2) is 41.5 Å². The van der Waals surface area contributed by atoms with Gasteiger partial charge in [0.1, 0.15) is 22.2 Å². The normalized spacial score (nSPS) is 14.3. The summed E-state index contributed by atoms with van der Waals surface area (Å²) in [6.45, 7) is -2.76. The largest absolute Gasteiger partial charge is 0.433 e. The molecule has 1 aromatic carbocycles. The molecular formula is C17H9ClF4N4O. The molecule has 5 nitrogen and oxygen atoms in total. The van der Waals surface area contributed by atoms with Gasteiger partial charge in [0.2, 0.25) is 0 Å². The van der Waals surface area contributed by atoms with E-state index in [2.05, 4.69) is 9.97 Å². The number of pyridine rings is 2. The van der Waals surface area contributed by atoms with E-state index in [0.717, 1.165) is 18.5 Å². The van der Waals surface area contributed by atoms with Crippen LogP contribution < -0.4 is 5.56 Å². The highest BCUT2D eigenvalue weighted by Gasteiger charge is 2.33. The zero-order valence-electron chi connectivity index (χ0n) is 16.1. The fourth-order valence-corrected chi connectivity index (χ4v) is 3.03. The number of rotatable bonds is 1. The second-order valence-electron chi connectivity index (χ2n) is 5.59. The van der Waals surface area contributed by atoms with Crippen molar-refractivity contribution in [2.24, 2.45) is 6.98 Å². The van der Waals surface area contributed by atoms with Crippen LogP contribution in [0.25, 0.3) is 27.8 Å². The Balaban J connectivity index is 2.27.